The van der Waals surface area contributed by atoms with Crippen molar-refractivity contribution in [2.24, 2.45) is 0 Å². The lowest BCUT2D eigenvalue weighted by molar-refractivity contribution is 0.0599. The largest absolute Gasteiger partial charge is 0.465 e. The lowest BCUT2D eigenvalue weighted by atomic mass is 10.2. The van der Waals surface area contributed by atoms with Crippen LogP contribution in [0.5, 0.6) is 0 Å². The highest BCUT2D eigenvalue weighted by Crippen LogP contribution is 2.18. The number of esters is 1. The van der Waals surface area contributed by atoms with Crippen LogP contribution in [-0.2, 0) is 4.74 Å². The highest BCUT2D eigenvalue weighted by molar-refractivity contribution is 7.10. The molecule has 1 amide bonds. The maximum atomic E-state index is 12.0. The van der Waals surface area contributed by atoms with Gasteiger partial charge in [0.05, 0.1) is 18.7 Å². The molecule has 0 aromatic carbocycles. The van der Waals surface area contributed by atoms with E-state index in [-0.39, 0.29) is 17.6 Å². The summed E-state index contributed by atoms with van der Waals surface area (Å²) in [6.07, 6.45) is 1.33. The van der Waals surface area contributed by atoms with Gasteiger partial charge >= 0.3 is 5.97 Å². The van der Waals surface area contributed by atoms with Gasteiger partial charge in [-0.15, -0.1) is 11.3 Å². The Morgan fingerprint density at radius 3 is 2.70 bits per heavy atom. The predicted molar refractivity (Wildman–Crippen MR) is 75.8 cm³/mol. The molecule has 2 heterocycles. The summed E-state index contributed by atoms with van der Waals surface area (Å²) >= 11 is 1.58. The zero-order valence-electron chi connectivity index (χ0n) is 11.1. The SMILES string of the molecule is COC(=O)c1ccc(C(=O)N[C@H](C)c2cccs2)nc1. The quantitative estimate of drug-likeness (QED) is 0.878. The van der Waals surface area contributed by atoms with Crippen molar-refractivity contribution in [1.82, 2.24) is 10.3 Å². The molecule has 0 aliphatic rings. The number of thiophene rings is 1. The standard InChI is InChI=1S/C14H14N2O3S/c1-9(12-4-3-7-20-12)16-13(17)11-6-5-10(8-15-11)14(18)19-2/h3-9H,1-2H3,(H,16,17)/t9-/m1/s1. The van der Waals surface area contributed by atoms with Gasteiger partial charge in [0.1, 0.15) is 5.69 Å². The summed E-state index contributed by atoms with van der Waals surface area (Å²) in [4.78, 5) is 28.3. The molecule has 0 aliphatic heterocycles. The van der Waals surface area contributed by atoms with Gasteiger partial charge in [-0.2, -0.15) is 0 Å². The summed E-state index contributed by atoms with van der Waals surface area (Å²) < 4.78 is 4.57. The van der Waals surface area contributed by atoms with E-state index in [1.165, 1.54) is 25.4 Å². The minimum absolute atomic E-state index is 0.0791. The minimum Gasteiger partial charge on any atom is -0.465 e. The number of hydrogen-bond donors (Lipinski definition) is 1. The van der Waals surface area contributed by atoms with E-state index in [0.717, 1.165) is 4.88 Å². The van der Waals surface area contributed by atoms with Gasteiger partial charge in [0.25, 0.3) is 5.91 Å². The lowest BCUT2D eigenvalue weighted by Crippen LogP contribution is -2.27. The third-order valence-corrected chi connectivity index (χ3v) is 3.79. The van der Waals surface area contributed by atoms with Crippen LogP contribution in [0.15, 0.2) is 35.8 Å². The van der Waals surface area contributed by atoms with Crippen LogP contribution in [0.2, 0.25) is 0 Å². The second kappa shape index (κ2) is 6.29. The molecule has 2 aromatic heterocycles. The zero-order valence-corrected chi connectivity index (χ0v) is 11.9. The first kappa shape index (κ1) is 14.2. The third kappa shape index (κ3) is 3.21. The van der Waals surface area contributed by atoms with Crippen LogP contribution in [0.1, 0.15) is 38.7 Å². The second-order valence-electron chi connectivity index (χ2n) is 4.13. The number of methoxy groups -OCH3 is 1. The number of pyridine rings is 1. The van der Waals surface area contributed by atoms with E-state index in [2.05, 4.69) is 15.0 Å². The van der Waals surface area contributed by atoms with Crippen LogP contribution in [0.25, 0.3) is 0 Å². The van der Waals surface area contributed by atoms with E-state index in [1.807, 2.05) is 24.4 Å². The molecule has 0 spiro atoms. The molecular weight excluding hydrogens is 276 g/mol. The van der Waals surface area contributed by atoms with Crippen LogP contribution < -0.4 is 5.32 Å². The highest BCUT2D eigenvalue weighted by Gasteiger charge is 2.14. The number of nitrogens with zero attached hydrogens (tertiary/aromatic N) is 1. The topological polar surface area (TPSA) is 68.3 Å². The second-order valence-corrected chi connectivity index (χ2v) is 5.11. The molecule has 2 rings (SSSR count). The van der Waals surface area contributed by atoms with Crippen molar-refractivity contribution in [2.75, 3.05) is 7.11 Å². The molecule has 1 N–H and O–H groups in total. The Morgan fingerprint density at radius 2 is 2.15 bits per heavy atom. The fourth-order valence-electron chi connectivity index (χ4n) is 1.65. The van der Waals surface area contributed by atoms with Gasteiger partial charge in [0.15, 0.2) is 0 Å². The first-order valence-electron chi connectivity index (χ1n) is 6.00. The van der Waals surface area contributed by atoms with Gasteiger partial charge in [0.2, 0.25) is 0 Å². The number of ether oxygens (including phenoxy) is 1. The zero-order chi connectivity index (χ0) is 14.5. The fourth-order valence-corrected chi connectivity index (χ4v) is 2.38. The Bertz CT molecular complexity index is 593. The lowest BCUT2D eigenvalue weighted by Gasteiger charge is -2.11. The Hall–Kier alpha value is -2.21. The van der Waals surface area contributed by atoms with Crippen molar-refractivity contribution >= 4 is 23.2 Å². The summed E-state index contributed by atoms with van der Waals surface area (Å²) in [6.45, 7) is 1.91. The molecule has 2 aromatic rings. The van der Waals surface area contributed by atoms with E-state index in [0.29, 0.717) is 5.56 Å². The molecule has 5 nitrogen and oxygen atoms in total. The van der Waals surface area contributed by atoms with Crippen LogP contribution >= 0.6 is 11.3 Å². The molecule has 0 fully saturated rings. The number of amides is 1. The minimum atomic E-state index is -0.476. The summed E-state index contributed by atoms with van der Waals surface area (Å²) in [6, 6.07) is 6.84. The van der Waals surface area contributed by atoms with Gasteiger partial charge in [0, 0.05) is 11.1 Å². The fraction of sp³-hybridized carbons (Fsp3) is 0.214. The first-order chi connectivity index (χ1) is 9.61. The molecule has 0 bridgehead atoms. The Morgan fingerprint density at radius 1 is 1.35 bits per heavy atom. The van der Waals surface area contributed by atoms with Gasteiger partial charge in [-0.3, -0.25) is 9.78 Å². The van der Waals surface area contributed by atoms with Gasteiger partial charge in [-0.25, -0.2) is 4.79 Å². The molecule has 1 atom stereocenters. The van der Waals surface area contributed by atoms with Crippen LogP contribution in [0.4, 0.5) is 0 Å². The molecule has 0 radical (unpaired) electrons. The molecular formula is C14H14N2O3S. The van der Waals surface area contributed by atoms with Gasteiger partial charge in [-0.1, -0.05) is 6.07 Å². The van der Waals surface area contributed by atoms with Crippen LogP contribution in [0, 0.1) is 0 Å². The van der Waals surface area contributed by atoms with Crippen LogP contribution in [-0.4, -0.2) is 24.0 Å². The Kier molecular flexibility index (Phi) is 4.47. The van der Waals surface area contributed by atoms with E-state index >= 15 is 0 Å². The van der Waals surface area contributed by atoms with E-state index in [9.17, 15) is 9.59 Å². The van der Waals surface area contributed by atoms with Crippen molar-refractivity contribution < 1.29 is 14.3 Å². The molecule has 104 valence electrons. The van der Waals surface area contributed by atoms with E-state index in [1.54, 1.807) is 11.3 Å². The number of carbonyl (C=O) groups is 2. The van der Waals surface area contributed by atoms with Crippen molar-refractivity contribution in [3.8, 4) is 0 Å². The number of rotatable bonds is 4. The molecule has 0 unspecified atom stereocenters. The van der Waals surface area contributed by atoms with Crippen LogP contribution in [0.3, 0.4) is 0 Å². The Balaban J connectivity index is 2.04. The number of carbonyl (C=O) groups excluding carboxylic acids is 2. The average molecular weight is 290 g/mol. The summed E-state index contributed by atoms with van der Waals surface area (Å²) in [5.41, 5.74) is 0.580. The highest BCUT2D eigenvalue weighted by atomic mass is 32.1. The molecule has 0 aliphatic carbocycles. The summed E-state index contributed by atoms with van der Waals surface area (Å²) in [5.74, 6) is -0.751. The predicted octanol–water partition coefficient (Wildman–Crippen LogP) is 2.42. The Labute approximate surface area is 120 Å². The molecule has 6 heteroatoms. The summed E-state index contributed by atoms with van der Waals surface area (Å²) in [7, 11) is 1.30. The maximum absolute atomic E-state index is 12.0. The molecule has 0 saturated heterocycles. The maximum Gasteiger partial charge on any atom is 0.339 e. The van der Waals surface area contributed by atoms with Crippen molar-refractivity contribution in [1.29, 1.82) is 0 Å². The van der Waals surface area contributed by atoms with Crippen molar-refractivity contribution in [3.63, 3.8) is 0 Å². The molecule has 20 heavy (non-hydrogen) atoms. The number of hydrogen-bond acceptors (Lipinski definition) is 5. The van der Waals surface area contributed by atoms with Crippen molar-refractivity contribution in [2.45, 2.75) is 13.0 Å². The van der Waals surface area contributed by atoms with Crippen molar-refractivity contribution in [3.05, 3.63) is 52.0 Å². The van der Waals surface area contributed by atoms with Gasteiger partial charge in [-0.05, 0) is 30.5 Å². The third-order valence-electron chi connectivity index (χ3n) is 2.73. The monoisotopic (exact) mass is 290 g/mol. The first-order valence-corrected chi connectivity index (χ1v) is 6.88. The smallest absolute Gasteiger partial charge is 0.339 e. The normalized spacial score (nSPS) is 11.7. The van der Waals surface area contributed by atoms with E-state index in [4.69, 9.17) is 0 Å². The molecule has 0 saturated carbocycles. The van der Waals surface area contributed by atoms with E-state index < -0.39 is 5.97 Å². The number of nitrogens with one attached hydrogen (secondary N) is 1. The number of aromatic nitrogens is 1. The van der Waals surface area contributed by atoms with Gasteiger partial charge < -0.3 is 10.1 Å². The summed E-state index contributed by atoms with van der Waals surface area (Å²) in [5, 5.41) is 4.81. The average Bonchev–Trinajstić information content (AvgIpc) is 3.01.